The first kappa shape index (κ1) is 4.99. The summed E-state index contributed by atoms with van der Waals surface area (Å²) in [5, 5.41) is 10.2. The number of H-pyrrole nitrogens is 1. The topological polar surface area (TPSA) is 40.7 Å². The summed E-state index contributed by atoms with van der Waals surface area (Å²) in [6.07, 6.45) is 3.03. The molecule has 0 spiro atoms. The standard InChI is InChI=1S/C6H9N3/c1-2-7-3-5-4-8-9-6(1)5/h4,7H,1-3H2,(H,8,9). The van der Waals surface area contributed by atoms with Crippen molar-refractivity contribution in [1.29, 1.82) is 0 Å². The molecule has 1 aromatic rings. The fourth-order valence-electron chi connectivity index (χ4n) is 1.14. The van der Waals surface area contributed by atoms with Crippen molar-refractivity contribution in [2.24, 2.45) is 0 Å². The van der Waals surface area contributed by atoms with Gasteiger partial charge in [-0.15, -0.1) is 0 Å². The Kier molecular flexibility index (Phi) is 1.02. The quantitative estimate of drug-likeness (QED) is 0.512. The Bertz CT molecular complexity index is 183. The van der Waals surface area contributed by atoms with E-state index in [0.717, 1.165) is 19.5 Å². The Balaban J connectivity index is 2.39. The van der Waals surface area contributed by atoms with Crippen LogP contribution in [0.3, 0.4) is 0 Å². The first-order valence-electron chi connectivity index (χ1n) is 3.19. The molecule has 0 aromatic carbocycles. The van der Waals surface area contributed by atoms with Crippen LogP contribution < -0.4 is 5.32 Å². The molecule has 48 valence electrons. The van der Waals surface area contributed by atoms with Crippen LogP contribution in [0.2, 0.25) is 0 Å². The summed E-state index contributed by atoms with van der Waals surface area (Å²) >= 11 is 0. The van der Waals surface area contributed by atoms with Crippen LogP contribution in [-0.4, -0.2) is 16.7 Å². The highest BCUT2D eigenvalue weighted by molar-refractivity contribution is 5.18. The minimum absolute atomic E-state index is 0.978. The van der Waals surface area contributed by atoms with Crippen molar-refractivity contribution in [3.05, 3.63) is 17.5 Å². The van der Waals surface area contributed by atoms with E-state index in [1.807, 2.05) is 6.20 Å². The first-order chi connectivity index (χ1) is 4.47. The molecule has 3 heteroatoms. The Labute approximate surface area is 53.5 Å². The molecule has 0 amide bonds. The molecule has 2 rings (SSSR count). The van der Waals surface area contributed by atoms with Gasteiger partial charge in [0.1, 0.15) is 0 Å². The molecular formula is C6H9N3. The van der Waals surface area contributed by atoms with E-state index in [4.69, 9.17) is 0 Å². The number of hydrogen-bond acceptors (Lipinski definition) is 2. The second kappa shape index (κ2) is 1.84. The van der Waals surface area contributed by atoms with Gasteiger partial charge in [-0.2, -0.15) is 5.10 Å². The van der Waals surface area contributed by atoms with Gasteiger partial charge in [0.05, 0.1) is 5.69 Å². The maximum Gasteiger partial charge on any atom is 0.0679 e. The second-order valence-corrected chi connectivity index (χ2v) is 2.28. The Morgan fingerprint density at radius 3 is 3.44 bits per heavy atom. The van der Waals surface area contributed by atoms with Gasteiger partial charge in [-0.1, -0.05) is 0 Å². The number of fused-ring (bicyclic) bond motifs is 1. The van der Waals surface area contributed by atoms with E-state index >= 15 is 0 Å². The molecule has 0 unspecified atom stereocenters. The van der Waals surface area contributed by atoms with E-state index in [9.17, 15) is 0 Å². The molecule has 0 aliphatic carbocycles. The van der Waals surface area contributed by atoms with Crippen LogP contribution >= 0.6 is 0 Å². The zero-order chi connectivity index (χ0) is 6.10. The van der Waals surface area contributed by atoms with E-state index in [1.54, 1.807) is 0 Å². The molecule has 0 saturated carbocycles. The van der Waals surface area contributed by atoms with Crippen molar-refractivity contribution < 1.29 is 0 Å². The maximum absolute atomic E-state index is 4.09. The monoisotopic (exact) mass is 123 g/mol. The molecule has 1 aromatic heterocycles. The number of aromatic amines is 1. The fourth-order valence-corrected chi connectivity index (χ4v) is 1.14. The normalized spacial score (nSPS) is 17.3. The van der Waals surface area contributed by atoms with E-state index in [2.05, 4.69) is 15.5 Å². The van der Waals surface area contributed by atoms with E-state index in [1.165, 1.54) is 11.3 Å². The van der Waals surface area contributed by atoms with Crippen molar-refractivity contribution in [2.75, 3.05) is 6.54 Å². The van der Waals surface area contributed by atoms with Gasteiger partial charge in [0.15, 0.2) is 0 Å². The van der Waals surface area contributed by atoms with Crippen LogP contribution in [0.5, 0.6) is 0 Å². The largest absolute Gasteiger partial charge is 0.312 e. The summed E-state index contributed by atoms with van der Waals surface area (Å²) in [6.45, 7) is 2.05. The summed E-state index contributed by atoms with van der Waals surface area (Å²) in [4.78, 5) is 0. The summed E-state index contributed by atoms with van der Waals surface area (Å²) in [5.41, 5.74) is 2.55. The van der Waals surface area contributed by atoms with Crippen LogP contribution in [0.15, 0.2) is 6.20 Å². The molecule has 1 aliphatic heterocycles. The summed E-state index contributed by atoms with van der Waals surface area (Å²) in [6, 6.07) is 0. The first-order valence-corrected chi connectivity index (χ1v) is 3.19. The Hall–Kier alpha value is -0.830. The van der Waals surface area contributed by atoms with Crippen LogP contribution in [0, 0.1) is 0 Å². The second-order valence-electron chi connectivity index (χ2n) is 2.28. The molecule has 0 atom stereocenters. The van der Waals surface area contributed by atoms with E-state index < -0.39 is 0 Å². The van der Waals surface area contributed by atoms with Crippen LogP contribution in [-0.2, 0) is 13.0 Å². The van der Waals surface area contributed by atoms with Crippen LogP contribution in [0.1, 0.15) is 11.3 Å². The highest BCUT2D eigenvalue weighted by Crippen LogP contribution is 2.07. The smallest absolute Gasteiger partial charge is 0.0679 e. The molecule has 2 N–H and O–H groups in total. The minimum atomic E-state index is 0.978. The molecule has 0 radical (unpaired) electrons. The number of nitrogens with zero attached hydrogens (tertiary/aromatic N) is 1. The number of aromatic nitrogens is 2. The van der Waals surface area contributed by atoms with Gasteiger partial charge in [-0.3, -0.25) is 5.10 Å². The molecule has 3 nitrogen and oxygen atoms in total. The van der Waals surface area contributed by atoms with Crippen LogP contribution in [0.4, 0.5) is 0 Å². The van der Waals surface area contributed by atoms with Crippen molar-refractivity contribution in [2.45, 2.75) is 13.0 Å². The predicted octanol–water partition coefficient (Wildman–Crippen LogP) is 0.0554. The molecule has 2 heterocycles. The van der Waals surface area contributed by atoms with E-state index in [0.29, 0.717) is 0 Å². The third-order valence-electron chi connectivity index (χ3n) is 1.66. The van der Waals surface area contributed by atoms with Crippen molar-refractivity contribution in [3.8, 4) is 0 Å². The van der Waals surface area contributed by atoms with Gasteiger partial charge < -0.3 is 5.32 Å². The predicted molar refractivity (Wildman–Crippen MR) is 34.0 cm³/mol. The van der Waals surface area contributed by atoms with Gasteiger partial charge in [0.25, 0.3) is 0 Å². The highest BCUT2D eigenvalue weighted by atomic mass is 15.1. The maximum atomic E-state index is 4.09. The third kappa shape index (κ3) is 0.733. The fraction of sp³-hybridized carbons (Fsp3) is 0.500. The molecular weight excluding hydrogens is 114 g/mol. The third-order valence-corrected chi connectivity index (χ3v) is 1.66. The lowest BCUT2D eigenvalue weighted by Gasteiger charge is -2.09. The van der Waals surface area contributed by atoms with Gasteiger partial charge in [0.2, 0.25) is 0 Å². The molecule has 0 bridgehead atoms. The highest BCUT2D eigenvalue weighted by Gasteiger charge is 2.08. The van der Waals surface area contributed by atoms with E-state index in [-0.39, 0.29) is 0 Å². The van der Waals surface area contributed by atoms with Gasteiger partial charge in [0, 0.05) is 31.3 Å². The lowest BCUT2D eigenvalue weighted by Crippen LogP contribution is -2.22. The minimum Gasteiger partial charge on any atom is -0.312 e. The van der Waals surface area contributed by atoms with Gasteiger partial charge in [-0.05, 0) is 0 Å². The lowest BCUT2D eigenvalue weighted by molar-refractivity contribution is 0.637. The summed E-state index contributed by atoms with van der Waals surface area (Å²) in [7, 11) is 0. The van der Waals surface area contributed by atoms with Crippen LogP contribution in [0.25, 0.3) is 0 Å². The number of hydrogen-bond donors (Lipinski definition) is 2. The average Bonchev–Trinajstić information content (AvgIpc) is 2.33. The molecule has 9 heavy (non-hydrogen) atoms. The number of nitrogens with one attached hydrogen (secondary N) is 2. The molecule has 0 saturated heterocycles. The Morgan fingerprint density at radius 1 is 1.56 bits per heavy atom. The average molecular weight is 123 g/mol. The molecule has 0 fully saturated rings. The summed E-state index contributed by atoms with van der Waals surface area (Å²) < 4.78 is 0. The Morgan fingerprint density at radius 2 is 2.56 bits per heavy atom. The zero-order valence-corrected chi connectivity index (χ0v) is 5.15. The van der Waals surface area contributed by atoms with Gasteiger partial charge >= 0.3 is 0 Å². The lowest BCUT2D eigenvalue weighted by atomic mass is 10.1. The SMILES string of the molecule is c1[nH]nc2c1CNCC2. The van der Waals surface area contributed by atoms with Crippen molar-refractivity contribution in [3.63, 3.8) is 0 Å². The zero-order valence-electron chi connectivity index (χ0n) is 5.15. The van der Waals surface area contributed by atoms with Gasteiger partial charge in [-0.25, -0.2) is 0 Å². The number of rotatable bonds is 0. The molecule has 1 aliphatic rings. The summed E-state index contributed by atoms with van der Waals surface area (Å²) in [5.74, 6) is 0. The van der Waals surface area contributed by atoms with Crippen molar-refractivity contribution in [1.82, 2.24) is 15.5 Å². The van der Waals surface area contributed by atoms with Crippen molar-refractivity contribution >= 4 is 0 Å².